The maximum absolute atomic E-state index is 10.6. The van der Waals surface area contributed by atoms with Crippen LogP contribution in [0.25, 0.3) is 0 Å². The molecule has 0 aliphatic carbocycles. The molecule has 1 unspecified atom stereocenters. The van der Waals surface area contributed by atoms with Crippen molar-refractivity contribution < 1.29 is 19.0 Å². The molecule has 0 amide bonds. The van der Waals surface area contributed by atoms with E-state index in [-0.39, 0.29) is 6.61 Å². The Kier molecular flexibility index (Phi) is 8.36. The summed E-state index contributed by atoms with van der Waals surface area (Å²) in [6.45, 7) is 6.71. The molecule has 1 heterocycles. The van der Waals surface area contributed by atoms with E-state index in [4.69, 9.17) is 13.9 Å². The molecule has 0 saturated carbocycles. The molecule has 0 saturated heterocycles. The number of nitrogens with zero attached hydrogens (tertiary/aromatic N) is 1. The summed E-state index contributed by atoms with van der Waals surface area (Å²) in [6, 6.07) is 19.7. The van der Waals surface area contributed by atoms with Gasteiger partial charge in [-0.1, -0.05) is 37.3 Å². The van der Waals surface area contributed by atoms with Crippen molar-refractivity contribution in [3.05, 3.63) is 83.8 Å². The first-order valence-corrected chi connectivity index (χ1v) is 10.5. The largest absolute Gasteiger partial charge is 0.493 e. The smallest absolute Gasteiger partial charge is 0.123 e. The molecule has 1 aromatic heterocycles. The van der Waals surface area contributed by atoms with Gasteiger partial charge >= 0.3 is 0 Å². The third-order valence-corrected chi connectivity index (χ3v) is 4.69. The molecule has 30 heavy (non-hydrogen) atoms. The lowest BCUT2D eigenvalue weighted by Crippen LogP contribution is -2.35. The third kappa shape index (κ3) is 6.94. The maximum atomic E-state index is 10.6. The molecule has 0 spiro atoms. The van der Waals surface area contributed by atoms with Crippen LogP contribution in [0.1, 0.15) is 30.2 Å². The summed E-state index contributed by atoms with van der Waals surface area (Å²) in [5.41, 5.74) is 2.22. The van der Waals surface area contributed by atoms with E-state index in [1.165, 1.54) is 0 Å². The zero-order chi connectivity index (χ0) is 21.2. The molecular formula is C25H31NO4. The summed E-state index contributed by atoms with van der Waals surface area (Å²) >= 11 is 0. The van der Waals surface area contributed by atoms with Crippen LogP contribution >= 0.6 is 0 Å². The van der Waals surface area contributed by atoms with Gasteiger partial charge in [-0.25, -0.2) is 0 Å². The summed E-state index contributed by atoms with van der Waals surface area (Å²) in [4.78, 5) is 2.15. The van der Waals surface area contributed by atoms with Crippen LogP contribution in [-0.2, 0) is 13.1 Å². The van der Waals surface area contributed by atoms with Gasteiger partial charge in [-0.05, 0) is 49.2 Å². The molecule has 0 radical (unpaired) electrons. The summed E-state index contributed by atoms with van der Waals surface area (Å²) in [5, 5.41) is 10.6. The van der Waals surface area contributed by atoms with Gasteiger partial charge in [0.25, 0.3) is 0 Å². The standard InChI is InChI=1S/C25H31NO4/c1-3-13-29-25-12-5-4-9-21(25)16-26(18-24-11-7-14-28-24)17-22(27)19-30-23-10-6-8-20(2)15-23/h4-12,14-15,22,27H,3,13,16-19H2,1-2H3. The number of ether oxygens (including phenoxy) is 2. The predicted molar refractivity (Wildman–Crippen MR) is 118 cm³/mol. The predicted octanol–water partition coefficient (Wildman–Crippen LogP) is 4.82. The second-order valence-electron chi connectivity index (χ2n) is 7.49. The molecular weight excluding hydrogens is 378 g/mol. The van der Waals surface area contributed by atoms with E-state index in [0.29, 0.717) is 26.2 Å². The normalized spacial score (nSPS) is 12.1. The topological polar surface area (TPSA) is 55.1 Å². The van der Waals surface area contributed by atoms with Gasteiger partial charge in [-0.3, -0.25) is 4.90 Å². The third-order valence-electron chi connectivity index (χ3n) is 4.69. The fourth-order valence-electron chi connectivity index (χ4n) is 3.28. The number of aliphatic hydroxyl groups excluding tert-OH is 1. The molecule has 160 valence electrons. The first-order chi connectivity index (χ1) is 14.6. The van der Waals surface area contributed by atoms with E-state index >= 15 is 0 Å². The highest BCUT2D eigenvalue weighted by Gasteiger charge is 2.17. The number of hydrogen-bond acceptors (Lipinski definition) is 5. The molecule has 3 aromatic rings. The van der Waals surface area contributed by atoms with Crippen LogP contribution in [-0.4, -0.2) is 35.9 Å². The minimum Gasteiger partial charge on any atom is -0.493 e. The maximum Gasteiger partial charge on any atom is 0.123 e. The lowest BCUT2D eigenvalue weighted by Gasteiger charge is -2.25. The van der Waals surface area contributed by atoms with Crippen LogP contribution in [0.4, 0.5) is 0 Å². The van der Waals surface area contributed by atoms with E-state index in [1.807, 2.05) is 61.5 Å². The molecule has 5 nitrogen and oxygen atoms in total. The molecule has 0 fully saturated rings. The van der Waals surface area contributed by atoms with Crippen LogP contribution in [0.3, 0.4) is 0 Å². The van der Waals surface area contributed by atoms with Crippen LogP contribution in [0.15, 0.2) is 71.3 Å². The van der Waals surface area contributed by atoms with Crippen molar-refractivity contribution in [2.75, 3.05) is 19.8 Å². The number of aliphatic hydroxyl groups is 1. The van der Waals surface area contributed by atoms with Gasteiger partial charge in [0.2, 0.25) is 0 Å². The number of aryl methyl sites for hydroxylation is 1. The van der Waals surface area contributed by atoms with Crippen molar-refractivity contribution in [2.45, 2.75) is 39.5 Å². The van der Waals surface area contributed by atoms with E-state index in [9.17, 15) is 5.11 Å². The second-order valence-corrected chi connectivity index (χ2v) is 7.49. The van der Waals surface area contributed by atoms with Crippen LogP contribution in [0, 0.1) is 6.92 Å². The zero-order valence-corrected chi connectivity index (χ0v) is 17.8. The minimum atomic E-state index is -0.635. The first kappa shape index (κ1) is 21.9. The van der Waals surface area contributed by atoms with Crippen LogP contribution in [0.2, 0.25) is 0 Å². The fourth-order valence-corrected chi connectivity index (χ4v) is 3.28. The average Bonchev–Trinajstić information content (AvgIpc) is 3.25. The highest BCUT2D eigenvalue weighted by Crippen LogP contribution is 2.22. The number of benzene rings is 2. The Labute approximate surface area is 178 Å². The van der Waals surface area contributed by atoms with Crippen molar-refractivity contribution in [1.29, 1.82) is 0 Å². The molecule has 3 rings (SSSR count). The lowest BCUT2D eigenvalue weighted by atomic mass is 10.1. The molecule has 1 atom stereocenters. The Morgan fingerprint density at radius 1 is 1.00 bits per heavy atom. The van der Waals surface area contributed by atoms with Crippen molar-refractivity contribution in [2.24, 2.45) is 0 Å². The van der Waals surface area contributed by atoms with Crippen LogP contribution in [0.5, 0.6) is 11.5 Å². The Morgan fingerprint density at radius 2 is 1.87 bits per heavy atom. The van der Waals surface area contributed by atoms with Gasteiger partial charge in [-0.15, -0.1) is 0 Å². The van der Waals surface area contributed by atoms with Gasteiger partial charge in [0.1, 0.15) is 30.0 Å². The van der Waals surface area contributed by atoms with Gasteiger partial charge in [0, 0.05) is 18.7 Å². The zero-order valence-electron chi connectivity index (χ0n) is 17.8. The summed E-state index contributed by atoms with van der Waals surface area (Å²) in [5.74, 6) is 2.51. The molecule has 2 aromatic carbocycles. The number of para-hydroxylation sites is 1. The second kappa shape index (κ2) is 11.4. The Morgan fingerprint density at radius 3 is 2.63 bits per heavy atom. The summed E-state index contributed by atoms with van der Waals surface area (Å²) in [7, 11) is 0. The fraction of sp³-hybridized carbons (Fsp3) is 0.360. The molecule has 0 aliphatic rings. The Bertz CT molecular complexity index is 878. The Balaban J connectivity index is 1.65. The van der Waals surface area contributed by atoms with Gasteiger partial charge in [-0.2, -0.15) is 0 Å². The quantitative estimate of drug-likeness (QED) is 0.465. The van der Waals surface area contributed by atoms with Gasteiger partial charge in [0.15, 0.2) is 0 Å². The van der Waals surface area contributed by atoms with Gasteiger partial charge in [0.05, 0.1) is 19.4 Å². The van der Waals surface area contributed by atoms with Crippen LogP contribution < -0.4 is 9.47 Å². The van der Waals surface area contributed by atoms with E-state index in [0.717, 1.165) is 34.8 Å². The average molecular weight is 410 g/mol. The van der Waals surface area contributed by atoms with Crippen molar-refractivity contribution in [3.63, 3.8) is 0 Å². The highest BCUT2D eigenvalue weighted by molar-refractivity contribution is 5.33. The van der Waals surface area contributed by atoms with Crippen molar-refractivity contribution in [1.82, 2.24) is 4.90 Å². The number of furan rings is 1. The number of hydrogen-bond donors (Lipinski definition) is 1. The van der Waals surface area contributed by atoms with Crippen molar-refractivity contribution in [3.8, 4) is 11.5 Å². The SMILES string of the molecule is CCCOc1ccccc1CN(Cc1ccco1)CC(O)COc1cccc(C)c1. The highest BCUT2D eigenvalue weighted by atomic mass is 16.5. The van der Waals surface area contributed by atoms with E-state index in [1.54, 1.807) is 6.26 Å². The summed E-state index contributed by atoms with van der Waals surface area (Å²) in [6.07, 6.45) is 1.99. The molecule has 0 aliphatic heterocycles. The first-order valence-electron chi connectivity index (χ1n) is 10.5. The molecule has 5 heteroatoms. The Hall–Kier alpha value is -2.76. The minimum absolute atomic E-state index is 0.228. The summed E-state index contributed by atoms with van der Waals surface area (Å²) < 4.78 is 17.2. The van der Waals surface area contributed by atoms with Gasteiger partial charge < -0.3 is 19.0 Å². The lowest BCUT2D eigenvalue weighted by molar-refractivity contribution is 0.0601. The monoisotopic (exact) mass is 409 g/mol. The molecule has 0 bridgehead atoms. The number of rotatable bonds is 12. The van der Waals surface area contributed by atoms with E-state index in [2.05, 4.69) is 17.9 Å². The molecule has 1 N–H and O–H groups in total. The van der Waals surface area contributed by atoms with Crippen molar-refractivity contribution >= 4 is 0 Å². The van der Waals surface area contributed by atoms with E-state index < -0.39 is 6.10 Å².